The molecule has 1 fully saturated rings. The molecule has 1 aliphatic rings. The number of hydrogen-bond donors (Lipinski definition) is 1. The summed E-state index contributed by atoms with van der Waals surface area (Å²) in [7, 11) is 1.95. The Hall–Kier alpha value is -1.82. The molecular formula is C19H24ClN3O2. The summed E-state index contributed by atoms with van der Waals surface area (Å²) in [6, 6.07) is 10.1. The average Bonchev–Trinajstić information content (AvgIpc) is 3.19. The van der Waals surface area contributed by atoms with Crippen molar-refractivity contribution in [2.75, 3.05) is 19.8 Å². The van der Waals surface area contributed by atoms with Crippen molar-refractivity contribution in [2.45, 2.75) is 19.4 Å². The highest BCUT2D eigenvalue weighted by Gasteiger charge is 2.16. The van der Waals surface area contributed by atoms with Gasteiger partial charge in [-0.25, -0.2) is 0 Å². The van der Waals surface area contributed by atoms with Crippen LogP contribution in [0.3, 0.4) is 0 Å². The molecule has 0 aliphatic carbocycles. The number of para-hydroxylation sites is 1. The Morgan fingerprint density at radius 2 is 2.20 bits per heavy atom. The Balaban J connectivity index is 0.00000182. The van der Waals surface area contributed by atoms with Crippen molar-refractivity contribution in [3.8, 4) is 11.5 Å². The Morgan fingerprint density at radius 1 is 1.32 bits per heavy atom. The zero-order valence-corrected chi connectivity index (χ0v) is 15.2. The van der Waals surface area contributed by atoms with Gasteiger partial charge in [0, 0.05) is 43.9 Å². The predicted octanol–water partition coefficient (Wildman–Crippen LogP) is 3.77. The van der Waals surface area contributed by atoms with Crippen LogP contribution in [0.2, 0.25) is 0 Å². The van der Waals surface area contributed by atoms with Gasteiger partial charge in [0.25, 0.3) is 0 Å². The van der Waals surface area contributed by atoms with Crippen LogP contribution in [0.5, 0.6) is 0 Å². The van der Waals surface area contributed by atoms with Crippen LogP contribution in [0.25, 0.3) is 22.4 Å². The zero-order valence-electron chi connectivity index (χ0n) is 14.4. The topological polar surface area (TPSA) is 52.2 Å². The molecule has 6 heteroatoms. The lowest BCUT2D eigenvalue weighted by molar-refractivity contribution is 0.0547. The van der Waals surface area contributed by atoms with E-state index in [1.54, 1.807) is 0 Å². The number of fused-ring (bicyclic) bond motifs is 1. The maximum atomic E-state index is 5.98. The van der Waals surface area contributed by atoms with Gasteiger partial charge in [0.15, 0.2) is 5.76 Å². The second-order valence-corrected chi connectivity index (χ2v) is 6.54. The summed E-state index contributed by atoms with van der Waals surface area (Å²) in [6.45, 7) is 3.55. The largest absolute Gasteiger partial charge is 0.454 e. The van der Waals surface area contributed by atoms with E-state index in [1.807, 2.05) is 29.9 Å². The number of ether oxygens (including phenoxy) is 1. The zero-order chi connectivity index (χ0) is 16.4. The SMILES string of the molecule is Cl.Cn1cc(CNCC2CCCOC2)c(-c2cc3ccccc3o2)n1. The number of hydrogen-bond acceptors (Lipinski definition) is 4. The molecule has 25 heavy (non-hydrogen) atoms. The molecule has 1 aliphatic heterocycles. The number of aryl methyl sites for hydroxylation is 1. The van der Waals surface area contributed by atoms with Gasteiger partial charge >= 0.3 is 0 Å². The first-order chi connectivity index (χ1) is 11.8. The van der Waals surface area contributed by atoms with Gasteiger partial charge in [-0.2, -0.15) is 5.10 Å². The smallest absolute Gasteiger partial charge is 0.156 e. The Kier molecular flexibility index (Phi) is 5.78. The molecule has 1 atom stereocenters. The number of benzene rings is 1. The van der Waals surface area contributed by atoms with E-state index in [9.17, 15) is 0 Å². The van der Waals surface area contributed by atoms with Gasteiger partial charge in [-0.3, -0.25) is 4.68 Å². The van der Waals surface area contributed by atoms with Crippen molar-refractivity contribution in [3.05, 3.63) is 42.1 Å². The maximum absolute atomic E-state index is 5.98. The van der Waals surface area contributed by atoms with Crippen molar-refractivity contribution in [2.24, 2.45) is 13.0 Å². The number of halogens is 1. The highest BCUT2D eigenvalue weighted by atomic mass is 35.5. The van der Waals surface area contributed by atoms with E-state index in [0.29, 0.717) is 5.92 Å². The van der Waals surface area contributed by atoms with Gasteiger partial charge in [-0.1, -0.05) is 18.2 Å². The molecule has 1 unspecified atom stereocenters. The van der Waals surface area contributed by atoms with Crippen molar-refractivity contribution >= 4 is 23.4 Å². The first kappa shape index (κ1) is 18.0. The van der Waals surface area contributed by atoms with Crippen molar-refractivity contribution in [3.63, 3.8) is 0 Å². The molecule has 1 N–H and O–H groups in total. The molecule has 0 amide bonds. The van der Waals surface area contributed by atoms with Gasteiger partial charge in [0.2, 0.25) is 0 Å². The van der Waals surface area contributed by atoms with E-state index >= 15 is 0 Å². The highest BCUT2D eigenvalue weighted by molar-refractivity contribution is 5.85. The Labute approximate surface area is 153 Å². The second kappa shape index (κ2) is 8.04. The van der Waals surface area contributed by atoms with E-state index in [4.69, 9.17) is 9.15 Å². The number of nitrogens with zero attached hydrogens (tertiary/aromatic N) is 2. The number of nitrogens with one attached hydrogen (secondary N) is 1. The molecule has 0 bridgehead atoms. The first-order valence-electron chi connectivity index (χ1n) is 8.59. The Bertz CT molecular complexity index is 788. The average molecular weight is 362 g/mol. The van der Waals surface area contributed by atoms with Crippen LogP contribution in [-0.2, 0) is 18.3 Å². The summed E-state index contributed by atoms with van der Waals surface area (Å²) in [6.07, 6.45) is 4.48. The summed E-state index contributed by atoms with van der Waals surface area (Å²) in [5.41, 5.74) is 2.98. The first-order valence-corrected chi connectivity index (χ1v) is 8.59. The molecule has 3 heterocycles. The van der Waals surface area contributed by atoms with E-state index < -0.39 is 0 Å². The minimum atomic E-state index is 0. The molecule has 1 aromatic carbocycles. The monoisotopic (exact) mass is 361 g/mol. The van der Waals surface area contributed by atoms with Crippen LogP contribution in [0.4, 0.5) is 0 Å². The van der Waals surface area contributed by atoms with E-state index in [2.05, 4.69) is 28.7 Å². The third-order valence-electron chi connectivity index (χ3n) is 4.57. The minimum absolute atomic E-state index is 0. The predicted molar refractivity (Wildman–Crippen MR) is 101 cm³/mol. The van der Waals surface area contributed by atoms with Crippen molar-refractivity contribution in [1.29, 1.82) is 0 Å². The summed E-state index contributed by atoms with van der Waals surface area (Å²) >= 11 is 0. The Morgan fingerprint density at radius 3 is 3.00 bits per heavy atom. The van der Waals surface area contributed by atoms with Crippen LogP contribution in [-0.4, -0.2) is 29.5 Å². The fourth-order valence-electron chi connectivity index (χ4n) is 3.35. The summed E-state index contributed by atoms with van der Waals surface area (Å²) in [5.74, 6) is 1.44. The molecule has 0 spiro atoms. The number of aromatic nitrogens is 2. The summed E-state index contributed by atoms with van der Waals surface area (Å²) < 4.78 is 13.4. The van der Waals surface area contributed by atoms with Crippen LogP contribution in [0.15, 0.2) is 40.9 Å². The van der Waals surface area contributed by atoms with E-state index in [1.165, 1.54) is 12.8 Å². The van der Waals surface area contributed by atoms with Gasteiger partial charge < -0.3 is 14.5 Å². The van der Waals surface area contributed by atoms with Crippen molar-refractivity contribution in [1.82, 2.24) is 15.1 Å². The molecule has 3 aromatic rings. The summed E-state index contributed by atoms with van der Waals surface area (Å²) in [5, 5.41) is 9.26. The quantitative estimate of drug-likeness (QED) is 0.751. The lowest BCUT2D eigenvalue weighted by Crippen LogP contribution is -2.28. The normalized spacial score (nSPS) is 17.6. The molecule has 0 radical (unpaired) electrons. The maximum Gasteiger partial charge on any atom is 0.156 e. The highest BCUT2D eigenvalue weighted by Crippen LogP contribution is 2.29. The second-order valence-electron chi connectivity index (χ2n) is 6.54. The third-order valence-corrected chi connectivity index (χ3v) is 4.57. The minimum Gasteiger partial charge on any atom is -0.454 e. The molecule has 5 nitrogen and oxygen atoms in total. The van der Waals surface area contributed by atoms with E-state index in [-0.39, 0.29) is 12.4 Å². The molecular weight excluding hydrogens is 338 g/mol. The van der Waals surface area contributed by atoms with Gasteiger partial charge in [0.1, 0.15) is 11.3 Å². The molecule has 0 saturated carbocycles. The number of rotatable bonds is 5. The van der Waals surface area contributed by atoms with Crippen LogP contribution in [0, 0.1) is 5.92 Å². The third kappa shape index (κ3) is 4.06. The molecule has 4 rings (SSSR count). The molecule has 134 valence electrons. The fourth-order valence-corrected chi connectivity index (χ4v) is 3.35. The number of furan rings is 1. The molecule has 2 aromatic heterocycles. The fraction of sp³-hybridized carbons (Fsp3) is 0.421. The van der Waals surface area contributed by atoms with Crippen LogP contribution < -0.4 is 5.32 Å². The van der Waals surface area contributed by atoms with Gasteiger partial charge in [0.05, 0.1) is 6.61 Å². The standard InChI is InChI=1S/C19H23N3O2.ClH/c1-22-12-16(11-20-10-14-5-4-8-23-13-14)19(21-22)18-9-15-6-2-3-7-17(15)24-18;/h2-3,6-7,9,12,14,20H,4-5,8,10-11,13H2,1H3;1H. The summed E-state index contributed by atoms with van der Waals surface area (Å²) in [4.78, 5) is 0. The van der Waals surface area contributed by atoms with E-state index in [0.717, 1.165) is 54.3 Å². The van der Waals surface area contributed by atoms with Gasteiger partial charge in [-0.15, -0.1) is 12.4 Å². The molecule has 1 saturated heterocycles. The van der Waals surface area contributed by atoms with Gasteiger partial charge in [-0.05, 0) is 30.9 Å². The lowest BCUT2D eigenvalue weighted by Gasteiger charge is -2.22. The lowest BCUT2D eigenvalue weighted by atomic mass is 10.0. The van der Waals surface area contributed by atoms with Crippen molar-refractivity contribution < 1.29 is 9.15 Å². The van der Waals surface area contributed by atoms with Crippen LogP contribution in [0.1, 0.15) is 18.4 Å². The van der Waals surface area contributed by atoms with Crippen LogP contribution >= 0.6 is 12.4 Å².